The molecule has 0 aliphatic rings. The highest BCUT2D eigenvalue weighted by Gasteiger charge is 2.07. The van der Waals surface area contributed by atoms with Crippen molar-refractivity contribution < 1.29 is 9.59 Å². The molecule has 2 rings (SSSR count). The maximum Gasteiger partial charge on any atom is 0.331 e. The molecule has 1 aromatic carbocycles. The minimum Gasteiger partial charge on any atom is -0.354 e. The molecule has 0 aliphatic carbocycles. The van der Waals surface area contributed by atoms with E-state index in [-0.39, 0.29) is 18.4 Å². The van der Waals surface area contributed by atoms with Gasteiger partial charge in [0.25, 0.3) is 11.5 Å². The maximum atomic E-state index is 11.9. The van der Waals surface area contributed by atoms with Gasteiger partial charge in [0.1, 0.15) is 6.54 Å². The van der Waals surface area contributed by atoms with Gasteiger partial charge in [0, 0.05) is 42.4 Å². The van der Waals surface area contributed by atoms with Crippen LogP contribution >= 0.6 is 15.9 Å². The molecule has 0 aliphatic heterocycles. The zero-order chi connectivity index (χ0) is 19.1. The Morgan fingerprint density at radius 1 is 1.12 bits per heavy atom. The molecule has 1 aromatic heterocycles. The molecule has 0 saturated heterocycles. The number of aromatic nitrogens is 2. The Balaban J connectivity index is 1.72. The standard InChI is InChI=1S/C17H19BrN4O4/c1-21-15(24)6-9-22(17(21)26)11-14(23)19-7-3-8-20-16(25)12-4-2-5-13(18)10-12/h2,4-6,9-10H,3,7-8,11H2,1H3,(H,19,23)(H,20,25). The Kier molecular flexibility index (Phi) is 6.90. The predicted octanol–water partition coefficient (Wildman–Crippen LogP) is 0.246. The highest BCUT2D eigenvalue weighted by Crippen LogP contribution is 2.11. The van der Waals surface area contributed by atoms with Crippen LogP contribution in [0.3, 0.4) is 0 Å². The molecule has 2 N–H and O–H groups in total. The molecular weight excluding hydrogens is 404 g/mol. The van der Waals surface area contributed by atoms with E-state index >= 15 is 0 Å². The monoisotopic (exact) mass is 422 g/mol. The summed E-state index contributed by atoms with van der Waals surface area (Å²) in [6.07, 6.45) is 1.84. The van der Waals surface area contributed by atoms with E-state index in [1.54, 1.807) is 18.2 Å². The summed E-state index contributed by atoms with van der Waals surface area (Å²) in [5.74, 6) is -0.529. The van der Waals surface area contributed by atoms with Gasteiger partial charge in [-0.3, -0.25) is 23.5 Å². The lowest BCUT2D eigenvalue weighted by molar-refractivity contribution is -0.121. The number of carbonyl (C=O) groups is 2. The number of carbonyl (C=O) groups excluding carboxylic acids is 2. The van der Waals surface area contributed by atoms with Crippen molar-refractivity contribution in [1.29, 1.82) is 0 Å². The lowest BCUT2D eigenvalue weighted by Gasteiger charge is -2.09. The molecule has 138 valence electrons. The van der Waals surface area contributed by atoms with E-state index in [0.717, 1.165) is 13.6 Å². The quantitative estimate of drug-likeness (QED) is 0.624. The van der Waals surface area contributed by atoms with Crippen LogP contribution in [-0.4, -0.2) is 34.0 Å². The predicted molar refractivity (Wildman–Crippen MR) is 100 cm³/mol. The van der Waals surface area contributed by atoms with Crippen LogP contribution in [0.15, 0.2) is 50.6 Å². The summed E-state index contributed by atoms with van der Waals surface area (Å²) in [7, 11) is 1.35. The Bertz CT molecular complexity index is 919. The third-order valence-electron chi connectivity index (χ3n) is 3.62. The fourth-order valence-electron chi connectivity index (χ4n) is 2.20. The summed E-state index contributed by atoms with van der Waals surface area (Å²) in [6, 6.07) is 8.28. The van der Waals surface area contributed by atoms with Crippen LogP contribution in [0.25, 0.3) is 0 Å². The maximum absolute atomic E-state index is 11.9. The van der Waals surface area contributed by atoms with Gasteiger partial charge in [-0.1, -0.05) is 22.0 Å². The first-order valence-corrected chi connectivity index (χ1v) is 8.74. The van der Waals surface area contributed by atoms with E-state index in [0.29, 0.717) is 25.1 Å². The summed E-state index contributed by atoms with van der Waals surface area (Å²) in [4.78, 5) is 47.0. The van der Waals surface area contributed by atoms with E-state index in [2.05, 4.69) is 26.6 Å². The smallest absolute Gasteiger partial charge is 0.331 e. The van der Waals surface area contributed by atoms with Gasteiger partial charge in [0.05, 0.1) is 0 Å². The largest absolute Gasteiger partial charge is 0.354 e. The molecule has 1 heterocycles. The Labute approximate surface area is 158 Å². The van der Waals surface area contributed by atoms with E-state index in [4.69, 9.17) is 0 Å². The lowest BCUT2D eigenvalue weighted by Crippen LogP contribution is -2.40. The summed E-state index contributed by atoms with van der Waals surface area (Å²) < 4.78 is 2.92. The van der Waals surface area contributed by atoms with Crippen LogP contribution in [0.5, 0.6) is 0 Å². The second kappa shape index (κ2) is 9.14. The number of hydrogen-bond donors (Lipinski definition) is 2. The van der Waals surface area contributed by atoms with E-state index in [1.807, 2.05) is 6.07 Å². The molecule has 0 unspecified atom stereocenters. The number of nitrogens with one attached hydrogen (secondary N) is 2. The van der Waals surface area contributed by atoms with Gasteiger partial charge in [-0.15, -0.1) is 0 Å². The van der Waals surface area contributed by atoms with E-state index in [9.17, 15) is 19.2 Å². The Hall–Kier alpha value is -2.68. The molecule has 8 nitrogen and oxygen atoms in total. The van der Waals surface area contributed by atoms with Crippen molar-refractivity contribution in [2.45, 2.75) is 13.0 Å². The molecule has 2 amide bonds. The number of hydrogen-bond acceptors (Lipinski definition) is 4. The molecule has 0 saturated carbocycles. The van der Waals surface area contributed by atoms with Crippen LogP contribution in [0.2, 0.25) is 0 Å². The van der Waals surface area contributed by atoms with Crippen molar-refractivity contribution in [2.24, 2.45) is 7.05 Å². The van der Waals surface area contributed by atoms with Crippen LogP contribution in [0, 0.1) is 0 Å². The van der Waals surface area contributed by atoms with Gasteiger partial charge < -0.3 is 10.6 Å². The number of halogens is 1. The van der Waals surface area contributed by atoms with Crippen molar-refractivity contribution in [2.75, 3.05) is 13.1 Å². The van der Waals surface area contributed by atoms with Crippen LogP contribution in [-0.2, 0) is 18.4 Å². The molecule has 26 heavy (non-hydrogen) atoms. The van der Waals surface area contributed by atoms with Crippen LogP contribution in [0.1, 0.15) is 16.8 Å². The molecule has 2 aromatic rings. The van der Waals surface area contributed by atoms with Crippen molar-refractivity contribution in [3.05, 3.63) is 67.4 Å². The van der Waals surface area contributed by atoms with E-state index < -0.39 is 11.2 Å². The molecular formula is C17H19BrN4O4. The highest BCUT2D eigenvalue weighted by atomic mass is 79.9. The highest BCUT2D eigenvalue weighted by molar-refractivity contribution is 9.10. The third-order valence-corrected chi connectivity index (χ3v) is 4.12. The first-order valence-electron chi connectivity index (χ1n) is 7.95. The Morgan fingerprint density at radius 3 is 2.58 bits per heavy atom. The second-order valence-electron chi connectivity index (χ2n) is 5.59. The van der Waals surface area contributed by atoms with Crippen molar-refractivity contribution in [3.8, 4) is 0 Å². The van der Waals surface area contributed by atoms with Crippen molar-refractivity contribution >= 4 is 27.7 Å². The Morgan fingerprint density at radius 2 is 1.85 bits per heavy atom. The van der Waals surface area contributed by atoms with Gasteiger partial charge >= 0.3 is 5.69 Å². The zero-order valence-corrected chi connectivity index (χ0v) is 15.8. The first kappa shape index (κ1) is 19.6. The average Bonchev–Trinajstić information content (AvgIpc) is 2.62. The van der Waals surface area contributed by atoms with Crippen molar-refractivity contribution in [1.82, 2.24) is 19.8 Å². The minimum atomic E-state index is -0.547. The fraction of sp³-hybridized carbons (Fsp3) is 0.294. The second-order valence-corrected chi connectivity index (χ2v) is 6.51. The van der Waals surface area contributed by atoms with E-state index in [1.165, 1.54) is 19.3 Å². The topological polar surface area (TPSA) is 102 Å². The number of nitrogens with zero attached hydrogens (tertiary/aromatic N) is 2. The lowest BCUT2D eigenvalue weighted by atomic mass is 10.2. The van der Waals surface area contributed by atoms with Gasteiger partial charge in [0.2, 0.25) is 5.91 Å². The van der Waals surface area contributed by atoms with Gasteiger partial charge in [0.15, 0.2) is 0 Å². The molecule has 0 fully saturated rings. The number of benzene rings is 1. The molecule has 9 heteroatoms. The minimum absolute atomic E-state index is 0.169. The van der Waals surface area contributed by atoms with Crippen molar-refractivity contribution in [3.63, 3.8) is 0 Å². The molecule has 0 atom stereocenters. The number of rotatable bonds is 7. The summed E-state index contributed by atoms with van der Waals surface area (Å²) in [6.45, 7) is 0.598. The first-order chi connectivity index (χ1) is 12.4. The summed E-state index contributed by atoms with van der Waals surface area (Å²) in [5, 5.41) is 5.44. The molecule has 0 bridgehead atoms. The SMILES string of the molecule is Cn1c(=O)ccn(CC(=O)NCCCNC(=O)c2cccc(Br)c2)c1=O. The molecule has 0 radical (unpaired) electrons. The third kappa shape index (κ3) is 5.41. The van der Waals surface area contributed by atoms with Crippen LogP contribution in [0.4, 0.5) is 0 Å². The van der Waals surface area contributed by atoms with Gasteiger partial charge in [-0.05, 0) is 24.6 Å². The van der Waals surface area contributed by atoms with Gasteiger partial charge in [-0.25, -0.2) is 4.79 Å². The van der Waals surface area contributed by atoms with Gasteiger partial charge in [-0.2, -0.15) is 0 Å². The normalized spacial score (nSPS) is 10.4. The average molecular weight is 423 g/mol. The van der Waals surface area contributed by atoms with Crippen LogP contribution < -0.4 is 21.9 Å². The fourth-order valence-corrected chi connectivity index (χ4v) is 2.60. The number of amides is 2. The zero-order valence-electron chi connectivity index (χ0n) is 14.2. The summed E-state index contributed by atoms with van der Waals surface area (Å²) in [5.41, 5.74) is -0.417. The molecule has 0 spiro atoms. The summed E-state index contributed by atoms with van der Waals surface area (Å²) >= 11 is 3.31.